The highest BCUT2D eigenvalue weighted by Crippen LogP contribution is 2.13. The van der Waals surface area contributed by atoms with Crippen LogP contribution >= 0.6 is 0 Å². The molecule has 0 heterocycles. The number of benzene rings is 2. The number of rotatable bonds is 5. The summed E-state index contributed by atoms with van der Waals surface area (Å²) in [6.07, 6.45) is 0.736. The summed E-state index contributed by atoms with van der Waals surface area (Å²) in [5, 5.41) is 12.1. The number of hydrogen-bond acceptors (Lipinski definition) is 3. The van der Waals surface area contributed by atoms with Crippen LogP contribution in [0.5, 0.6) is 5.75 Å². The van der Waals surface area contributed by atoms with Gasteiger partial charge in [0.05, 0.1) is 0 Å². The third-order valence-corrected chi connectivity index (χ3v) is 3.26. The minimum absolute atomic E-state index is 0.0718. The van der Waals surface area contributed by atoms with Crippen molar-refractivity contribution in [3.8, 4) is 5.75 Å². The molecule has 4 nitrogen and oxygen atoms in total. The molecular weight excluding hydrogens is 264 g/mol. The molecule has 2 N–H and O–H groups in total. The van der Waals surface area contributed by atoms with E-state index < -0.39 is 0 Å². The standard InChI is InChI=1S/C17H20N2O2/c1-19(2)15-5-3-4-14(12-15)17(21)18-11-10-13-6-8-16(20)9-7-13/h3-9,12,20H,10-11H2,1-2H3,(H,18,21). The van der Waals surface area contributed by atoms with Crippen molar-refractivity contribution in [1.82, 2.24) is 5.32 Å². The molecule has 0 saturated carbocycles. The van der Waals surface area contributed by atoms with Crippen molar-refractivity contribution in [3.05, 3.63) is 59.7 Å². The molecule has 110 valence electrons. The molecule has 2 aromatic rings. The molecule has 0 bridgehead atoms. The summed E-state index contributed by atoms with van der Waals surface area (Å²) in [4.78, 5) is 14.1. The van der Waals surface area contributed by atoms with Gasteiger partial charge in [-0.25, -0.2) is 0 Å². The molecule has 0 aromatic heterocycles. The number of phenols is 1. The van der Waals surface area contributed by atoms with Crippen LogP contribution in [0.4, 0.5) is 5.69 Å². The second kappa shape index (κ2) is 6.79. The minimum atomic E-state index is -0.0718. The SMILES string of the molecule is CN(C)c1cccc(C(=O)NCCc2ccc(O)cc2)c1. The molecule has 0 radical (unpaired) electrons. The Hall–Kier alpha value is -2.49. The zero-order valence-electron chi connectivity index (χ0n) is 12.3. The van der Waals surface area contributed by atoms with Crippen LogP contribution in [0.15, 0.2) is 48.5 Å². The smallest absolute Gasteiger partial charge is 0.251 e. The van der Waals surface area contributed by atoms with E-state index in [-0.39, 0.29) is 11.7 Å². The van der Waals surface area contributed by atoms with E-state index in [1.807, 2.05) is 55.4 Å². The lowest BCUT2D eigenvalue weighted by Crippen LogP contribution is -2.25. The van der Waals surface area contributed by atoms with Crippen LogP contribution in [0.1, 0.15) is 15.9 Å². The number of nitrogens with one attached hydrogen (secondary N) is 1. The lowest BCUT2D eigenvalue weighted by atomic mass is 10.1. The van der Waals surface area contributed by atoms with E-state index in [4.69, 9.17) is 0 Å². The van der Waals surface area contributed by atoms with Gasteiger partial charge >= 0.3 is 0 Å². The summed E-state index contributed by atoms with van der Waals surface area (Å²) in [6, 6.07) is 14.5. The third kappa shape index (κ3) is 4.24. The number of hydrogen-bond donors (Lipinski definition) is 2. The highest BCUT2D eigenvalue weighted by atomic mass is 16.3. The minimum Gasteiger partial charge on any atom is -0.508 e. The molecule has 2 rings (SSSR count). The van der Waals surface area contributed by atoms with Gasteiger partial charge in [0.1, 0.15) is 5.75 Å². The number of nitrogens with zero attached hydrogens (tertiary/aromatic N) is 1. The Morgan fingerprint density at radius 3 is 2.52 bits per heavy atom. The first-order valence-electron chi connectivity index (χ1n) is 6.90. The van der Waals surface area contributed by atoms with E-state index in [9.17, 15) is 9.90 Å². The average Bonchev–Trinajstić information content (AvgIpc) is 2.49. The Morgan fingerprint density at radius 2 is 1.86 bits per heavy atom. The molecule has 2 aromatic carbocycles. The molecule has 0 fully saturated rings. The second-order valence-electron chi connectivity index (χ2n) is 5.12. The lowest BCUT2D eigenvalue weighted by molar-refractivity contribution is 0.0954. The predicted molar refractivity (Wildman–Crippen MR) is 84.9 cm³/mol. The van der Waals surface area contributed by atoms with Gasteiger partial charge in [-0.05, 0) is 42.3 Å². The van der Waals surface area contributed by atoms with Crippen molar-refractivity contribution in [2.24, 2.45) is 0 Å². The van der Waals surface area contributed by atoms with Crippen LogP contribution in [0.25, 0.3) is 0 Å². The van der Waals surface area contributed by atoms with Crippen molar-refractivity contribution < 1.29 is 9.90 Å². The Balaban J connectivity index is 1.89. The number of carbonyl (C=O) groups excluding carboxylic acids is 1. The van der Waals surface area contributed by atoms with Crippen LogP contribution < -0.4 is 10.2 Å². The van der Waals surface area contributed by atoms with Crippen molar-refractivity contribution in [2.45, 2.75) is 6.42 Å². The summed E-state index contributed by atoms with van der Waals surface area (Å²) in [5.41, 5.74) is 2.74. The number of anilines is 1. The number of amides is 1. The van der Waals surface area contributed by atoms with Gasteiger partial charge in [0, 0.05) is 31.9 Å². The van der Waals surface area contributed by atoms with E-state index in [1.54, 1.807) is 12.1 Å². The molecule has 0 aliphatic carbocycles. The summed E-state index contributed by atoms with van der Waals surface area (Å²) in [6.45, 7) is 0.565. The molecule has 0 atom stereocenters. The van der Waals surface area contributed by atoms with Gasteiger partial charge in [-0.1, -0.05) is 18.2 Å². The van der Waals surface area contributed by atoms with Gasteiger partial charge in [0.15, 0.2) is 0 Å². The van der Waals surface area contributed by atoms with Gasteiger partial charge < -0.3 is 15.3 Å². The molecule has 0 saturated heterocycles. The van der Waals surface area contributed by atoms with Gasteiger partial charge in [-0.2, -0.15) is 0 Å². The van der Waals surface area contributed by atoms with Crippen LogP contribution in [-0.4, -0.2) is 31.7 Å². The van der Waals surface area contributed by atoms with Gasteiger partial charge in [0.2, 0.25) is 0 Å². The first-order valence-corrected chi connectivity index (χ1v) is 6.90. The first-order chi connectivity index (χ1) is 10.1. The number of aromatic hydroxyl groups is 1. The summed E-state index contributed by atoms with van der Waals surface area (Å²) < 4.78 is 0. The fourth-order valence-electron chi connectivity index (χ4n) is 2.01. The molecule has 0 unspecified atom stereocenters. The predicted octanol–water partition coefficient (Wildman–Crippen LogP) is 2.43. The lowest BCUT2D eigenvalue weighted by Gasteiger charge is -2.13. The summed E-state index contributed by atoms with van der Waals surface area (Å²) >= 11 is 0. The molecule has 1 amide bonds. The normalized spacial score (nSPS) is 10.2. The first kappa shape index (κ1) is 14.9. The Kier molecular flexibility index (Phi) is 4.82. The highest BCUT2D eigenvalue weighted by molar-refractivity contribution is 5.95. The Bertz CT molecular complexity index is 606. The number of carbonyl (C=O) groups is 1. The fraction of sp³-hybridized carbons (Fsp3) is 0.235. The molecular formula is C17H20N2O2. The van der Waals surface area contributed by atoms with Crippen LogP contribution in [0, 0.1) is 0 Å². The largest absolute Gasteiger partial charge is 0.508 e. The second-order valence-corrected chi connectivity index (χ2v) is 5.12. The van der Waals surface area contributed by atoms with Crippen molar-refractivity contribution in [3.63, 3.8) is 0 Å². The Labute approximate surface area is 125 Å². The zero-order valence-corrected chi connectivity index (χ0v) is 12.3. The molecule has 0 aliphatic heterocycles. The Morgan fingerprint density at radius 1 is 1.14 bits per heavy atom. The monoisotopic (exact) mass is 284 g/mol. The maximum absolute atomic E-state index is 12.1. The van der Waals surface area contributed by atoms with Crippen LogP contribution in [0.3, 0.4) is 0 Å². The molecule has 4 heteroatoms. The maximum Gasteiger partial charge on any atom is 0.251 e. The summed E-state index contributed by atoms with van der Waals surface area (Å²) in [7, 11) is 3.89. The molecule has 0 aliphatic rings. The van der Waals surface area contributed by atoms with Gasteiger partial charge in [-0.3, -0.25) is 4.79 Å². The van der Waals surface area contributed by atoms with Gasteiger partial charge in [0.25, 0.3) is 5.91 Å². The average molecular weight is 284 g/mol. The van der Waals surface area contributed by atoms with Crippen molar-refractivity contribution >= 4 is 11.6 Å². The van der Waals surface area contributed by atoms with Gasteiger partial charge in [-0.15, -0.1) is 0 Å². The van der Waals surface area contributed by atoms with Crippen LogP contribution in [-0.2, 0) is 6.42 Å². The van der Waals surface area contributed by atoms with E-state index in [0.717, 1.165) is 17.7 Å². The van der Waals surface area contributed by atoms with Crippen LogP contribution in [0.2, 0.25) is 0 Å². The zero-order chi connectivity index (χ0) is 15.2. The summed E-state index contributed by atoms with van der Waals surface area (Å²) in [5.74, 6) is 0.181. The van der Waals surface area contributed by atoms with E-state index in [1.165, 1.54) is 0 Å². The topological polar surface area (TPSA) is 52.6 Å². The third-order valence-electron chi connectivity index (χ3n) is 3.26. The molecule has 0 spiro atoms. The van der Waals surface area contributed by atoms with Crippen molar-refractivity contribution in [2.75, 3.05) is 25.5 Å². The van der Waals surface area contributed by atoms with Crippen molar-refractivity contribution in [1.29, 1.82) is 0 Å². The maximum atomic E-state index is 12.1. The van der Waals surface area contributed by atoms with E-state index in [0.29, 0.717) is 12.1 Å². The number of phenolic OH excluding ortho intramolecular Hbond substituents is 1. The quantitative estimate of drug-likeness (QED) is 0.886. The van der Waals surface area contributed by atoms with E-state index >= 15 is 0 Å². The fourth-order valence-corrected chi connectivity index (χ4v) is 2.01. The highest BCUT2D eigenvalue weighted by Gasteiger charge is 2.06. The van der Waals surface area contributed by atoms with E-state index in [2.05, 4.69) is 5.32 Å². The molecule has 21 heavy (non-hydrogen) atoms.